The summed E-state index contributed by atoms with van der Waals surface area (Å²) in [5.41, 5.74) is 57.5. The molecule has 1 aromatic carbocycles. The Balaban J connectivity index is 2.50. The van der Waals surface area contributed by atoms with Crippen LogP contribution >= 0.6 is 0 Å². The molecular formula is C70H124N26O12. The van der Waals surface area contributed by atoms with Gasteiger partial charge in [0.1, 0.15) is 66.5 Å². The molecule has 0 saturated carbocycles. The van der Waals surface area contributed by atoms with E-state index in [0.29, 0.717) is 29.3 Å². The first-order valence-corrected chi connectivity index (χ1v) is 36.8. The van der Waals surface area contributed by atoms with Crippen molar-refractivity contribution in [2.45, 2.75) is 233 Å². The monoisotopic (exact) mass is 1520 g/mol. The molecule has 2 rings (SSSR count). The van der Waals surface area contributed by atoms with Crippen LogP contribution in [0.2, 0.25) is 0 Å². The highest BCUT2D eigenvalue weighted by molar-refractivity contribution is 6.00. The van der Waals surface area contributed by atoms with Gasteiger partial charge in [0.2, 0.25) is 70.9 Å². The van der Waals surface area contributed by atoms with E-state index in [9.17, 15) is 57.5 Å². The molecule has 14 atom stereocenters. The molecule has 12 amide bonds. The minimum Gasteiger partial charge on any atom is -0.370 e. The molecule has 0 aliphatic rings. The summed E-state index contributed by atoms with van der Waals surface area (Å²) < 4.78 is 0. The molecule has 0 saturated heterocycles. The van der Waals surface area contributed by atoms with Gasteiger partial charge in [-0.1, -0.05) is 114 Å². The van der Waals surface area contributed by atoms with Gasteiger partial charge < -0.3 is 121 Å². The molecule has 38 heteroatoms. The molecule has 0 spiro atoms. The van der Waals surface area contributed by atoms with Crippen molar-refractivity contribution in [3.63, 3.8) is 0 Å². The van der Waals surface area contributed by atoms with Crippen molar-refractivity contribution in [3.8, 4) is 0 Å². The highest BCUT2D eigenvalue weighted by Gasteiger charge is 2.39. The van der Waals surface area contributed by atoms with Gasteiger partial charge in [-0.2, -0.15) is 0 Å². The van der Waals surface area contributed by atoms with Crippen molar-refractivity contribution in [3.05, 3.63) is 36.0 Å². The Morgan fingerprint density at radius 1 is 0.380 bits per heavy atom. The summed E-state index contributed by atoms with van der Waals surface area (Å²) >= 11 is 0. The summed E-state index contributed by atoms with van der Waals surface area (Å²) in [4.78, 5) is 189. The number of aromatic nitrogens is 1. The Labute approximate surface area is 632 Å². The van der Waals surface area contributed by atoms with E-state index < -0.39 is 167 Å². The van der Waals surface area contributed by atoms with E-state index >= 15 is 0 Å². The maximum Gasteiger partial charge on any atom is 0.243 e. The summed E-state index contributed by atoms with van der Waals surface area (Å²) in [6.07, 6.45) is 2.75. The summed E-state index contributed by atoms with van der Waals surface area (Å²) in [5, 5.41) is 30.5. The smallest absolute Gasteiger partial charge is 0.243 e. The Morgan fingerprint density at radius 2 is 0.731 bits per heavy atom. The highest BCUT2D eigenvalue weighted by atomic mass is 16.2. The molecule has 32 N–H and O–H groups in total. The first kappa shape index (κ1) is 93.5. The van der Waals surface area contributed by atoms with E-state index in [1.165, 1.54) is 6.92 Å². The van der Waals surface area contributed by atoms with Crippen LogP contribution in [0.25, 0.3) is 10.9 Å². The lowest BCUT2D eigenvalue weighted by Crippen LogP contribution is -2.62. The zero-order valence-corrected chi connectivity index (χ0v) is 64.8. The lowest BCUT2D eigenvalue weighted by Gasteiger charge is -2.31. The number of nitrogens with zero attached hydrogens (tertiary/aromatic N) is 4. The Bertz CT molecular complexity index is 3430. The number of amides is 12. The van der Waals surface area contributed by atoms with E-state index in [1.807, 2.05) is 19.9 Å². The first-order valence-electron chi connectivity index (χ1n) is 36.8. The highest BCUT2D eigenvalue weighted by Crippen LogP contribution is 2.21. The predicted molar refractivity (Wildman–Crippen MR) is 414 cm³/mol. The molecule has 38 nitrogen and oxygen atoms in total. The van der Waals surface area contributed by atoms with Gasteiger partial charge in [-0.3, -0.25) is 77.5 Å². The number of hydrogen-bond acceptors (Lipinski definition) is 17. The molecular weight excluding hydrogens is 1400 g/mol. The van der Waals surface area contributed by atoms with Gasteiger partial charge >= 0.3 is 0 Å². The normalized spacial score (nSPS) is 15.2. The summed E-state index contributed by atoms with van der Waals surface area (Å²) in [6, 6.07) is -8.30. The standard InChI is InChI=1S/C70H124N26O12/c1-14-38(11)53(65(107)92-49(32-41-33-85-43-22-17-16-21-42(41)43)60(102)88-45(24-19-28-82-68(75)76)57(99)87-44(55(72)97)23-18-27-81-67(73)74)95-59(101)47(26-30-84-70(79)80)90-64(106)52(37(9)10)93-56(98)40(13)86-63(105)51(36(7)8)94-66(108)54(39(12)15-2)96-61(103)48(31-34(3)4)91-58(100)46(25-20-29-83-69(77)78)89-62(104)50(71)35(5)6/h16-17,21-22,33-40,44-54,85H,14-15,18-20,23-32,71H2,1-13H3,(H2,72,97)(H,86,105)(H,87,99)(H,88,102)(H,89,104)(H,90,106)(H,91,100)(H,92,107)(H,93,98)(H,94,108)(H,95,101)(H,96,103)(H4,73,74,81)(H4,75,76,82)(H4,77,78,83)(H4,79,80,84)/t38-,39-,40-,44-,45-,46-,47-,48-,49-,50-,51-,52-,53-,54-/m0/s1. The van der Waals surface area contributed by atoms with Crippen molar-refractivity contribution in [1.29, 1.82) is 0 Å². The van der Waals surface area contributed by atoms with Gasteiger partial charge in [-0.25, -0.2) is 0 Å². The van der Waals surface area contributed by atoms with Crippen LogP contribution in [0.15, 0.2) is 50.4 Å². The van der Waals surface area contributed by atoms with Crippen LogP contribution in [0.4, 0.5) is 0 Å². The van der Waals surface area contributed by atoms with E-state index in [2.05, 4.69) is 83.4 Å². The van der Waals surface area contributed by atoms with Gasteiger partial charge in [0.15, 0.2) is 23.8 Å². The molecule has 108 heavy (non-hydrogen) atoms. The van der Waals surface area contributed by atoms with Crippen LogP contribution < -0.4 is 116 Å². The molecule has 1 aromatic heterocycles. The number of nitrogens with two attached hydrogens (primary N) is 10. The molecule has 0 bridgehead atoms. The van der Waals surface area contributed by atoms with Crippen LogP contribution in [-0.4, -0.2) is 198 Å². The van der Waals surface area contributed by atoms with Crippen molar-refractivity contribution in [1.82, 2.24) is 63.5 Å². The quantitative estimate of drug-likeness (QED) is 0.0170. The Kier molecular flexibility index (Phi) is 40.9. The zero-order chi connectivity index (χ0) is 81.8. The maximum absolute atomic E-state index is 14.9. The van der Waals surface area contributed by atoms with Crippen molar-refractivity contribution in [2.75, 3.05) is 26.2 Å². The Morgan fingerprint density at radius 3 is 1.19 bits per heavy atom. The van der Waals surface area contributed by atoms with Crippen LogP contribution in [0.5, 0.6) is 0 Å². The van der Waals surface area contributed by atoms with Gasteiger partial charge in [0.25, 0.3) is 0 Å². The number of aromatic amines is 1. The van der Waals surface area contributed by atoms with Crippen LogP contribution in [0.1, 0.15) is 160 Å². The molecule has 0 aliphatic heterocycles. The molecule has 0 aliphatic carbocycles. The van der Waals surface area contributed by atoms with Gasteiger partial charge in [-0.15, -0.1) is 0 Å². The first-order chi connectivity index (χ1) is 50.6. The number of carbonyl (C=O) groups excluding carboxylic acids is 12. The maximum atomic E-state index is 14.9. The zero-order valence-electron chi connectivity index (χ0n) is 64.8. The topological polar surface area (TPSA) is 663 Å². The average molecular weight is 1520 g/mol. The average Bonchev–Trinajstić information content (AvgIpc) is 1.61. The summed E-state index contributed by atoms with van der Waals surface area (Å²) in [6.45, 7) is 22.1. The fourth-order valence-corrected chi connectivity index (χ4v) is 11.1. The number of aliphatic imine (C=N–C) groups is 4. The second kappa shape index (κ2) is 47.2. The largest absolute Gasteiger partial charge is 0.370 e. The molecule has 0 radical (unpaired) electrons. The lowest BCUT2D eigenvalue weighted by molar-refractivity contribution is -0.137. The third kappa shape index (κ3) is 33.1. The van der Waals surface area contributed by atoms with Crippen molar-refractivity contribution >= 4 is 106 Å². The third-order valence-corrected chi connectivity index (χ3v) is 18.0. The molecule has 0 fully saturated rings. The fraction of sp³-hybridized carbons (Fsp3) is 0.657. The van der Waals surface area contributed by atoms with E-state index in [4.69, 9.17) is 57.3 Å². The second-order valence-corrected chi connectivity index (χ2v) is 28.6. The van der Waals surface area contributed by atoms with E-state index in [1.54, 1.807) is 93.6 Å². The minimum absolute atomic E-state index is 0.0320. The predicted octanol–water partition coefficient (Wildman–Crippen LogP) is -4.19. The number of H-pyrrole nitrogens is 1. The van der Waals surface area contributed by atoms with Crippen molar-refractivity contribution < 1.29 is 57.5 Å². The van der Waals surface area contributed by atoms with Gasteiger partial charge in [-0.05, 0) is 105 Å². The number of primary amides is 1. The lowest BCUT2D eigenvalue weighted by atomic mass is 9.95. The van der Waals surface area contributed by atoms with Crippen LogP contribution in [-0.2, 0) is 64.0 Å². The SMILES string of the molecule is CC[C@H](C)[C@H](NC(=O)[C@H](CCN=C(N)N)NC(=O)[C@@H](NC(=O)[C@H](C)NC(=O)[C@@H](NC(=O)[C@@H](NC(=O)[C@H](CC(C)C)NC(=O)[C@H](CCCN=C(N)N)NC(=O)[C@@H](N)C(C)C)[C@@H](C)CC)C(C)C)C(C)C)C(=O)N[C@@H](Cc1c[nH]c2ccccc12)C(=O)N[C@@H](CCCN=C(N)N)C(=O)N[C@@H](CCCN=C(N)N)C(N)=O. The van der Waals surface area contributed by atoms with Gasteiger partial charge in [0, 0.05) is 49.7 Å². The summed E-state index contributed by atoms with van der Waals surface area (Å²) in [7, 11) is 0. The fourth-order valence-electron chi connectivity index (χ4n) is 11.1. The number of guanidine groups is 4. The number of benzene rings is 1. The third-order valence-electron chi connectivity index (χ3n) is 18.0. The van der Waals surface area contributed by atoms with Gasteiger partial charge in [0.05, 0.1) is 6.04 Å². The summed E-state index contributed by atoms with van der Waals surface area (Å²) in [5.74, 6) is -13.3. The van der Waals surface area contributed by atoms with Crippen LogP contribution in [0, 0.1) is 35.5 Å². The Hall–Kier alpha value is -10.6. The number of carbonyl (C=O) groups is 12. The molecule has 1 heterocycles. The number of rotatable bonds is 49. The van der Waals surface area contributed by atoms with Crippen molar-refractivity contribution in [2.24, 2.45) is 113 Å². The second-order valence-electron chi connectivity index (χ2n) is 28.6. The molecule has 606 valence electrons. The molecule has 0 unspecified atom stereocenters. The molecule has 2 aromatic rings. The van der Waals surface area contributed by atoms with Crippen LogP contribution in [0.3, 0.4) is 0 Å². The number of para-hydroxylation sites is 1. The number of hydrogen-bond donors (Lipinski definition) is 22. The van der Waals surface area contributed by atoms with E-state index in [-0.39, 0.29) is 120 Å². The number of nitrogens with one attached hydrogen (secondary N) is 12. The number of fused-ring (bicyclic) bond motifs is 1. The van der Waals surface area contributed by atoms with E-state index in [0.717, 1.165) is 0 Å². The minimum atomic E-state index is -1.49.